The van der Waals surface area contributed by atoms with Crippen LogP contribution in [0.25, 0.3) is 0 Å². The van der Waals surface area contributed by atoms with Crippen molar-refractivity contribution >= 4 is 0 Å². The van der Waals surface area contributed by atoms with Crippen molar-refractivity contribution in [2.75, 3.05) is 59.5 Å². The van der Waals surface area contributed by atoms with Crippen molar-refractivity contribution in [1.82, 2.24) is 0 Å². The van der Waals surface area contributed by atoms with Gasteiger partial charge in [-0.3, -0.25) is 0 Å². The molecule has 500 valence electrons. The van der Waals surface area contributed by atoms with Crippen molar-refractivity contribution in [1.29, 1.82) is 0 Å². The Morgan fingerprint density at radius 2 is 0.598 bits per heavy atom. The van der Waals surface area contributed by atoms with Gasteiger partial charge in [-0.1, -0.05) is 30.3 Å². The summed E-state index contributed by atoms with van der Waals surface area (Å²) in [4.78, 5) is 0. The Balaban J connectivity index is 0.996. The highest BCUT2D eigenvalue weighted by Gasteiger charge is 2.60. The van der Waals surface area contributed by atoms with Crippen molar-refractivity contribution in [3.8, 4) is 0 Å². The lowest BCUT2D eigenvalue weighted by Crippen LogP contribution is -2.69. The smallest absolute Gasteiger partial charge is 0.201 e. The minimum absolute atomic E-state index is 0.237. The minimum atomic E-state index is -2.26. The molecule has 12 bridgehead atoms. The molecule has 24 rings (SSSR count). The van der Waals surface area contributed by atoms with Gasteiger partial charge in [0.15, 0.2) is 37.7 Å². The Morgan fingerprint density at radius 1 is 0.310 bits per heavy atom. The summed E-state index contributed by atoms with van der Waals surface area (Å²) in [6, 6.07) is 8.35. The number of hydrogen-bond acceptors (Lipinski definition) is 36. The van der Waals surface area contributed by atoms with Crippen LogP contribution in [0.15, 0.2) is 30.3 Å². The normalized spacial score (nSPS) is 51.0. The Labute approximate surface area is 493 Å². The summed E-state index contributed by atoms with van der Waals surface area (Å²) in [5, 5.41) is 233. The van der Waals surface area contributed by atoms with Crippen LogP contribution in [0.3, 0.4) is 0 Å². The van der Waals surface area contributed by atoms with E-state index in [1.54, 1.807) is 30.3 Å². The fourth-order valence-corrected chi connectivity index (χ4v) is 11.8. The lowest BCUT2D eigenvalue weighted by Gasteiger charge is -2.50. The SMILES string of the molecule is OC[C@H]1O[C@](Cc2ccccc2)(OCCOC[C@H]2O[C@@H]3O[C@H]4[C@H](O)[C@@H](O)[C@@H](O[C@H]5[C@H](O)[C@@H](O)[C@@H](O[C@H]6[C@H](O)[C@@H](O)[C@@H](O[C@H]7[C@H](O)[C@@H](O)[C@@H](O[C@H]8[C@H](O)[C@@H](O)[C@@H](O[C@H]2[C@H](O)[C@H]3O)O[C@@H]8CO)O[C@@H]7CO)O[C@@H]6CO)O[C@@H]5CO)O[C@@H]4CO)[C@H](O)[C@@H](O)[C@H]1O. The molecule has 23 heterocycles. The summed E-state index contributed by atoms with van der Waals surface area (Å²) >= 11 is 0. The van der Waals surface area contributed by atoms with Crippen LogP contribution in [-0.4, -0.2) is 381 Å². The molecular weight excluding hydrogens is 1190 g/mol. The second-order valence-corrected chi connectivity index (χ2v) is 22.3. The third-order valence-electron chi connectivity index (χ3n) is 16.7. The first-order chi connectivity index (χ1) is 41.5. The molecule has 87 heavy (non-hydrogen) atoms. The van der Waals surface area contributed by atoms with Crippen LogP contribution in [0, 0.1) is 0 Å². The number of aliphatic hydroxyl groups is 21. The van der Waals surface area contributed by atoms with Gasteiger partial charge in [0.1, 0.15) is 171 Å². The minimum Gasteiger partial charge on any atom is -0.394 e. The van der Waals surface area contributed by atoms with Crippen LogP contribution in [0.4, 0.5) is 0 Å². The highest BCUT2D eigenvalue weighted by atomic mass is 16.8. The van der Waals surface area contributed by atoms with E-state index in [0.717, 1.165) is 0 Å². The first kappa shape index (κ1) is 69.1. The maximum atomic E-state index is 11.9. The van der Waals surface area contributed by atoms with E-state index < -0.39 is 274 Å². The fraction of sp³-hybridized carbons (Fsp3) is 0.882. The topological polar surface area (TPSA) is 563 Å². The average molecular weight is 1270 g/mol. The van der Waals surface area contributed by atoms with E-state index in [2.05, 4.69) is 0 Å². The summed E-state index contributed by atoms with van der Waals surface area (Å²) in [5.41, 5.74) is 0.527. The van der Waals surface area contributed by atoms with Gasteiger partial charge in [0.2, 0.25) is 5.79 Å². The molecule has 23 aliphatic rings. The predicted molar refractivity (Wildman–Crippen MR) is 268 cm³/mol. The molecule has 0 unspecified atom stereocenters. The van der Waals surface area contributed by atoms with E-state index in [9.17, 15) is 107 Å². The molecule has 36 heteroatoms. The van der Waals surface area contributed by atoms with E-state index in [1.165, 1.54) is 0 Å². The standard InChI is InChI=1S/C51H80O36/c52-9-17-24(58)31(65)44(72)51(87-17,8-16-4-2-1-3-5-16)74-7-6-73-15-23-43-30(64)37(71)50(80-23)85-42-22(14-57)78-48(35(69)28(42)62)83-40-20(12-55)76-46(33(67)26(40)60)81-38-18(10-53)75-45(32(66)25(38)59)82-39-19(11-54)77-47(34(68)27(39)61)84-41-21(13-56)79-49(86-43)36(70)29(41)63/h1-5,17-50,52-72H,6-15H2/t17-,18-,19-,20-,21-,22-,23-,24+,25-,26-,27-,28-,29-,30-,31+,32-,33-,34-,35-,36-,37-,38-,39-,40-,41-,42-,43-,44-,45-,46-,47-,48-,49-,50-,51+/m1/s1. The van der Waals surface area contributed by atoms with Gasteiger partial charge < -0.3 is 178 Å². The summed E-state index contributed by atoms with van der Waals surface area (Å²) in [6.07, 6.45) is -67.9. The molecule has 23 saturated heterocycles. The highest BCUT2D eigenvalue weighted by Crippen LogP contribution is 2.39. The van der Waals surface area contributed by atoms with Gasteiger partial charge in [0.05, 0.1) is 59.5 Å². The van der Waals surface area contributed by atoms with E-state index in [1.807, 2.05) is 0 Å². The number of aliphatic hydroxyl groups excluding tert-OH is 21. The van der Waals surface area contributed by atoms with Crippen LogP contribution in [0.1, 0.15) is 5.56 Å². The van der Waals surface area contributed by atoms with Crippen LogP contribution in [-0.2, 0) is 77.5 Å². The molecule has 0 saturated carbocycles. The molecule has 23 aliphatic heterocycles. The molecular formula is C51H80O36. The van der Waals surface area contributed by atoms with Gasteiger partial charge in [0.25, 0.3) is 0 Å². The van der Waals surface area contributed by atoms with E-state index in [0.29, 0.717) is 5.56 Å². The molecule has 21 N–H and O–H groups in total. The maximum Gasteiger partial charge on any atom is 0.201 e. The van der Waals surface area contributed by atoms with Gasteiger partial charge in [-0.15, -0.1) is 0 Å². The highest BCUT2D eigenvalue weighted by molar-refractivity contribution is 5.18. The van der Waals surface area contributed by atoms with E-state index >= 15 is 0 Å². The molecule has 1 aromatic carbocycles. The fourth-order valence-electron chi connectivity index (χ4n) is 11.8. The third-order valence-corrected chi connectivity index (χ3v) is 16.7. The molecule has 0 spiro atoms. The Bertz CT molecular complexity index is 2240. The largest absolute Gasteiger partial charge is 0.394 e. The van der Waals surface area contributed by atoms with Crippen LogP contribution in [0.5, 0.6) is 0 Å². The average Bonchev–Trinajstić information content (AvgIpc) is 3.70. The molecule has 0 aliphatic carbocycles. The van der Waals surface area contributed by atoms with Crippen LogP contribution in [0.2, 0.25) is 0 Å². The predicted octanol–water partition coefficient (Wildman–Crippen LogP) is -13.6. The van der Waals surface area contributed by atoms with Crippen molar-refractivity contribution in [2.24, 2.45) is 0 Å². The van der Waals surface area contributed by atoms with Gasteiger partial charge in [-0.05, 0) is 5.56 Å². The maximum absolute atomic E-state index is 11.9. The summed E-state index contributed by atoms with van der Waals surface area (Å²) in [6.45, 7) is -7.75. The summed E-state index contributed by atoms with van der Waals surface area (Å²) < 4.78 is 87.6. The van der Waals surface area contributed by atoms with Crippen molar-refractivity contribution in [3.63, 3.8) is 0 Å². The molecule has 0 radical (unpaired) electrons. The van der Waals surface area contributed by atoms with Gasteiger partial charge in [-0.25, -0.2) is 0 Å². The second kappa shape index (κ2) is 29.8. The first-order valence-corrected chi connectivity index (χ1v) is 28.2. The van der Waals surface area contributed by atoms with Gasteiger partial charge >= 0.3 is 0 Å². The number of ether oxygens (including phenoxy) is 15. The molecule has 23 fully saturated rings. The van der Waals surface area contributed by atoms with Crippen LogP contribution >= 0.6 is 0 Å². The van der Waals surface area contributed by atoms with Crippen molar-refractivity contribution in [2.45, 2.75) is 221 Å². The molecule has 36 nitrogen and oxygen atoms in total. The van der Waals surface area contributed by atoms with Gasteiger partial charge in [0, 0.05) is 6.42 Å². The zero-order chi connectivity index (χ0) is 62.9. The monoisotopic (exact) mass is 1270 g/mol. The summed E-state index contributed by atoms with van der Waals surface area (Å²) in [7, 11) is 0. The van der Waals surface area contributed by atoms with E-state index in [4.69, 9.17) is 71.1 Å². The molecule has 1 aromatic rings. The van der Waals surface area contributed by atoms with Crippen molar-refractivity contribution in [3.05, 3.63) is 35.9 Å². The molecule has 0 amide bonds. The zero-order valence-corrected chi connectivity index (χ0v) is 46.1. The lowest BCUT2D eigenvalue weighted by molar-refractivity contribution is -0.404. The lowest BCUT2D eigenvalue weighted by atomic mass is 9.88. The van der Waals surface area contributed by atoms with Crippen LogP contribution < -0.4 is 0 Å². The quantitative estimate of drug-likeness (QED) is 0.0769. The number of benzene rings is 1. The molecule has 0 aromatic heterocycles. The number of hydrogen-bond donors (Lipinski definition) is 21. The Hall–Kier alpha value is -2.22. The third kappa shape index (κ3) is 14.2. The van der Waals surface area contributed by atoms with E-state index in [-0.39, 0.29) is 6.42 Å². The van der Waals surface area contributed by atoms with Crippen molar-refractivity contribution < 1.29 is 178 Å². The summed E-state index contributed by atoms with van der Waals surface area (Å²) in [5.74, 6) is -2.12. The van der Waals surface area contributed by atoms with Gasteiger partial charge in [-0.2, -0.15) is 0 Å². The second-order valence-electron chi connectivity index (χ2n) is 22.3. The molecule has 35 atom stereocenters. The Kier molecular flexibility index (Phi) is 23.7. The number of rotatable bonds is 14. The zero-order valence-electron chi connectivity index (χ0n) is 46.1. The Morgan fingerprint density at radius 3 is 0.897 bits per heavy atom. The first-order valence-electron chi connectivity index (χ1n) is 28.2.